The largest absolute Gasteiger partial charge is 0.481 e. The van der Waals surface area contributed by atoms with Crippen molar-refractivity contribution in [2.75, 3.05) is 11.1 Å². The van der Waals surface area contributed by atoms with Crippen LogP contribution in [0.2, 0.25) is 0 Å². The van der Waals surface area contributed by atoms with Crippen molar-refractivity contribution in [2.45, 2.75) is 18.9 Å². The minimum absolute atomic E-state index is 0.161. The van der Waals surface area contributed by atoms with Gasteiger partial charge in [0, 0.05) is 17.9 Å². The van der Waals surface area contributed by atoms with Crippen LogP contribution in [0.5, 0.6) is 11.5 Å². The molecule has 0 radical (unpaired) electrons. The first-order valence-corrected chi connectivity index (χ1v) is 9.27. The first kappa shape index (κ1) is 17.9. The molecule has 0 aromatic heterocycles. The maximum Gasteiger partial charge on any atom is 0.307 e. The molecular formula is C23H22N2O3. The zero-order valence-corrected chi connectivity index (χ0v) is 15.3. The number of hydrogen-bond acceptors (Lipinski definition) is 4. The summed E-state index contributed by atoms with van der Waals surface area (Å²) in [6, 6.07) is 23.3. The molecule has 3 aromatic carbocycles. The number of aliphatic carboxylic acids is 1. The number of ether oxygens (including phenoxy) is 1. The van der Waals surface area contributed by atoms with Crippen LogP contribution in [-0.2, 0) is 11.3 Å². The molecule has 142 valence electrons. The van der Waals surface area contributed by atoms with Gasteiger partial charge in [-0.3, -0.25) is 4.79 Å². The van der Waals surface area contributed by atoms with E-state index in [-0.39, 0.29) is 11.8 Å². The Bertz CT molecular complexity index is 968. The highest BCUT2D eigenvalue weighted by Gasteiger charge is 2.43. The molecule has 0 saturated heterocycles. The SMILES string of the molecule is Nc1ccc(Oc2cccc(CNc3ccc([C@H]4C[C@@H]4C(=O)O)cc3)c2)cc1. The molecule has 0 spiro atoms. The van der Waals surface area contributed by atoms with E-state index in [1.165, 1.54) is 0 Å². The lowest BCUT2D eigenvalue weighted by molar-refractivity contribution is -0.138. The molecular weight excluding hydrogens is 352 g/mol. The maximum atomic E-state index is 11.0. The molecule has 3 aromatic rings. The van der Waals surface area contributed by atoms with Crippen LogP contribution in [0.3, 0.4) is 0 Å². The molecule has 4 N–H and O–H groups in total. The van der Waals surface area contributed by atoms with Gasteiger partial charge in [0.1, 0.15) is 11.5 Å². The molecule has 5 heteroatoms. The third kappa shape index (κ3) is 4.26. The van der Waals surface area contributed by atoms with Crippen molar-refractivity contribution in [1.82, 2.24) is 0 Å². The predicted octanol–water partition coefficient (Wildman–Crippen LogP) is 4.86. The van der Waals surface area contributed by atoms with Gasteiger partial charge < -0.3 is 20.9 Å². The molecule has 1 aliphatic rings. The average Bonchev–Trinajstić information content (AvgIpc) is 3.50. The van der Waals surface area contributed by atoms with Crippen LogP contribution in [-0.4, -0.2) is 11.1 Å². The number of benzene rings is 3. The van der Waals surface area contributed by atoms with Crippen molar-refractivity contribution in [3.63, 3.8) is 0 Å². The molecule has 0 unspecified atom stereocenters. The van der Waals surface area contributed by atoms with Crippen molar-refractivity contribution >= 4 is 17.3 Å². The number of nitrogen functional groups attached to an aromatic ring is 1. The van der Waals surface area contributed by atoms with Gasteiger partial charge in [0.25, 0.3) is 0 Å². The van der Waals surface area contributed by atoms with Crippen molar-refractivity contribution in [3.05, 3.63) is 83.9 Å². The van der Waals surface area contributed by atoms with Gasteiger partial charge in [0.15, 0.2) is 0 Å². The molecule has 2 atom stereocenters. The summed E-state index contributed by atoms with van der Waals surface area (Å²) in [5.41, 5.74) is 9.60. The summed E-state index contributed by atoms with van der Waals surface area (Å²) < 4.78 is 5.87. The van der Waals surface area contributed by atoms with Gasteiger partial charge in [-0.15, -0.1) is 0 Å². The van der Waals surface area contributed by atoms with E-state index in [4.69, 9.17) is 15.6 Å². The Balaban J connectivity index is 1.34. The average molecular weight is 374 g/mol. The van der Waals surface area contributed by atoms with E-state index < -0.39 is 5.97 Å². The van der Waals surface area contributed by atoms with Crippen LogP contribution in [0.4, 0.5) is 11.4 Å². The lowest BCUT2D eigenvalue weighted by atomic mass is 10.1. The van der Waals surface area contributed by atoms with Crippen LogP contribution in [0, 0.1) is 5.92 Å². The number of carboxylic acid groups (broad SMARTS) is 1. The molecule has 5 nitrogen and oxygen atoms in total. The van der Waals surface area contributed by atoms with Gasteiger partial charge in [0.2, 0.25) is 0 Å². The number of carbonyl (C=O) groups is 1. The number of rotatable bonds is 7. The number of nitrogens with one attached hydrogen (secondary N) is 1. The van der Waals surface area contributed by atoms with Crippen LogP contribution in [0.1, 0.15) is 23.5 Å². The van der Waals surface area contributed by atoms with Crippen LogP contribution in [0.25, 0.3) is 0 Å². The first-order chi connectivity index (χ1) is 13.6. The van der Waals surface area contributed by atoms with Crippen LogP contribution >= 0.6 is 0 Å². The Morgan fingerprint density at radius 3 is 2.46 bits per heavy atom. The normalized spacial score (nSPS) is 17.7. The van der Waals surface area contributed by atoms with Gasteiger partial charge in [0.05, 0.1) is 5.92 Å². The summed E-state index contributed by atoms with van der Waals surface area (Å²) in [4.78, 5) is 11.0. The fourth-order valence-corrected chi connectivity index (χ4v) is 3.28. The van der Waals surface area contributed by atoms with Gasteiger partial charge in [-0.25, -0.2) is 0 Å². The second kappa shape index (κ2) is 7.64. The topological polar surface area (TPSA) is 84.6 Å². The van der Waals surface area contributed by atoms with Crippen molar-refractivity contribution in [3.8, 4) is 11.5 Å². The van der Waals surface area contributed by atoms with Crippen LogP contribution in [0.15, 0.2) is 72.8 Å². The Morgan fingerprint density at radius 1 is 1.04 bits per heavy atom. The van der Waals surface area contributed by atoms with E-state index >= 15 is 0 Å². The van der Waals surface area contributed by atoms with E-state index in [0.717, 1.165) is 34.7 Å². The zero-order chi connectivity index (χ0) is 19.5. The summed E-state index contributed by atoms with van der Waals surface area (Å²) >= 11 is 0. The van der Waals surface area contributed by atoms with Crippen LogP contribution < -0.4 is 15.8 Å². The third-order valence-electron chi connectivity index (χ3n) is 4.96. The number of hydrogen-bond donors (Lipinski definition) is 3. The molecule has 0 amide bonds. The Kier molecular flexibility index (Phi) is 4.89. The van der Waals surface area contributed by atoms with Gasteiger partial charge in [-0.1, -0.05) is 24.3 Å². The molecule has 4 rings (SSSR count). The molecule has 0 bridgehead atoms. The zero-order valence-electron chi connectivity index (χ0n) is 15.3. The summed E-state index contributed by atoms with van der Waals surface area (Å²) in [6.07, 6.45) is 0.739. The molecule has 1 aliphatic carbocycles. The van der Waals surface area contributed by atoms with Crippen molar-refractivity contribution in [2.24, 2.45) is 5.92 Å². The third-order valence-corrected chi connectivity index (χ3v) is 4.96. The molecule has 28 heavy (non-hydrogen) atoms. The van der Waals surface area contributed by atoms with Crippen molar-refractivity contribution in [1.29, 1.82) is 0 Å². The second-order valence-electron chi connectivity index (χ2n) is 7.08. The second-order valence-corrected chi connectivity index (χ2v) is 7.08. The fraction of sp³-hybridized carbons (Fsp3) is 0.174. The summed E-state index contributed by atoms with van der Waals surface area (Å²) in [5, 5.41) is 12.4. The standard InChI is InChI=1S/C23H22N2O3/c24-17-6-10-19(11-7-17)28-20-3-1-2-15(12-20)14-25-18-8-4-16(5-9-18)21-13-22(21)23(26)27/h1-12,21-22,25H,13-14,24H2,(H,26,27)/t21-,22+/m1/s1. The number of nitrogens with two attached hydrogens (primary N) is 1. The highest BCUT2D eigenvalue weighted by molar-refractivity contribution is 5.75. The minimum Gasteiger partial charge on any atom is -0.481 e. The van der Waals surface area contributed by atoms with Crippen molar-refractivity contribution < 1.29 is 14.6 Å². The van der Waals surface area contributed by atoms with E-state index in [1.54, 1.807) is 0 Å². The highest BCUT2D eigenvalue weighted by atomic mass is 16.5. The lowest BCUT2D eigenvalue weighted by Gasteiger charge is -2.10. The summed E-state index contributed by atoms with van der Waals surface area (Å²) in [5.74, 6) is 0.757. The maximum absolute atomic E-state index is 11.0. The number of anilines is 2. The summed E-state index contributed by atoms with van der Waals surface area (Å²) in [7, 11) is 0. The molecule has 1 saturated carbocycles. The molecule has 0 heterocycles. The van der Waals surface area contributed by atoms with E-state index in [2.05, 4.69) is 5.32 Å². The Labute approximate surface area is 163 Å². The lowest BCUT2D eigenvalue weighted by Crippen LogP contribution is -2.00. The molecule has 1 fully saturated rings. The summed E-state index contributed by atoms with van der Waals surface area (Å²) in [6.45, 7) is 0.666. The van der Waals surface area contributed by atoms with Gasteiger partial charge in [-0.05, 0) is 72.0 Å². The first-order valence-electron chi connectivity index (χ1n) is 9.27. The number of carboxylic acids is 1. The Hall–Kier alpha value is -3.47. The highest BCUT2D eigenvalue weighted by Crippen LogP contribution is 2.47. The van der Waals surface area contributed by atoms with E-state index in [1.807, 2.05) is 72.8 Å². The monoisotopic (exact) mass is 374 g/mol. The van der Waals surface area contributed by atoms with E-state index in [9.17, 15) is 4.79 Å². The predicted molar refractivity (Wildman–Crippen MR) is 110 cm³/mol. The van der Waals surface area contributed by atoms with E-state index in [0.29, 0.717) is 12.2 Å². The minimum atomic E-state index is -0.701. The quantitative estimate of drug-likeness (QED) is 0.514. The van der Waals surface area contributed by atoms with Gasteiger partial charge in [-0.2, -0.15) is 0 Å². The van der Waals surface area contributed by atoms with Gasteiger partial charge >= 0.3 is 5.97 Å². The fourth-order valence-electron chi connectivity index (χ4n) is 3.28. The Morgan fingerprint density at radius 2 is 1.79 bits per heavy atom. The molecule has 0 aliphatic heterocycles. The smallest absolute Gasteiger partial charge is 0.307 e.